The Labute approximate surface area is 158 Å². The summed E-state index contributed by atoms with van der Waals surface area (Å²) in [6.07, 6.45) is 0. The maximum atomic E-state index is 5.77. The number of aromatic nitrogens is 3. The Bertz CT molecular complexity index is 829. The number of rotatable bonds is 8. The first-order valence-electron chi connectivity index (χ1n) is 8.62. The summed E-state index contributed by atoms with van der Waals surface area (Å²) in [5.74, 6) is 3.37. The third-order valence-corrected chi connectivity index (χ3v) is 4.85. The number of hydrogen-bond acceptors (Lipinski definition) is 5. The average Bonchev–Trinajstić information content (AvgIpc) is 3.02. The highest BCUT2D eigenvalue weighted by Gasteiger charge is 2.11. The van der Waals surface area contributed by atoms with Crippen LogP contribution in [0.3, 0.4) is 0 Å². The molecule has 5 nitrogen and oxygen atoms in total. The molecule has 0 fully saturated rings. The van der Waals surface area contributed by atoms with Crippen molar-refractivity contribution in [3.63, 3.8) is 0 Å². The summed E-state index contributed by atoms with van der Waals surface area (Å²) in [7, 11) is 1.99. The molecule has 6 heteroatoms. The van der Waals surface area contributed by atoms with E-state index < -0.39 is 0 Å². The lowest BCUT2D eigenvalue weighted by molar-refractivity contribution is 0.332. The Kier molecular flexibility index (Phi) is 6.17. The van der Waals surface area contributed by atoms with E-state index >= 15 is 0 Å². The number of ether oxygens (including phenoxy) is 2. The van der Waals surface area contributed by atoms with Gasteiger partial charge in [-0.15, -0.1) is 10.2 Å². The molecule has 136 valence electrons. The topological polar surface area (TPSA) is 49.2 Å². The summed E-state index contributed by atoms with van der Waals surface area (Å²) in [6.45, 7) is 5.31. The Hall–Kier alpha value is -2.47. The van der Waals surface area contributed by atoms with Crippen molar-refractivity contribution in [1.29, 1.82) is 0 Å². The minimum Gasteiger partial charge on any atom is -0.494 e. The van der Waals surface area contributed by atoms with Crippen LogP contribution >= 0.6 is 11.8 Å². The fourth-order valence-corrected chi connectivity index (χ4v) is 3.21. The van der Waals surface area contributed by atoms with E-state index in [1.165, 1.54) is 5.56 Å². The van der Waals surface area contributed by atoms with Crippen LogP contribution in [0.5, 0.6) is 11.5 Å². The van der Waals surface area contributed by atoms with Crippen LogP contribution in [0, 0.1) is 6.92 Å². The highest BCUT2D eigenvalue weighted by molar-refractivity contribution is 7.99. The Morgan fingerprint density at radius 1 is 0.923 bits per heavy atom. The summed E-state index contributed by atoms with van der Waals surface area (Å²) >= 11 is 1.64. The maximum absolute atomic E-state index is 5.77. The molecule has 0 atom stereocenters. The van der Waals surface area contributed by atoms with E-state index in [0.717, 1.165) is 33.8 Å². The maximum Gasteiger partial charge on any atom is 0.191 e. The van der Waals surface area contributed by atoms with Gasteiger partial charge in [0.25, 0.3) is 0 Å². The second-order valence-electron chi connectivity index (χ2n) is 5.83. The van der Waals surface area contributed by atoms with Gasteiger partial charge in [-0.2, -0.15) is 0 Å². The summed E-state index contributed by atoms with van der Waals surface area (Å²) in [4.78, 5) is 0. The molecule has 0 spiro atoms. The van der Waals surface area contributed by atoms with Gasteiger partial charge in [0.1, 0.15) is 11.5 Å². The van der Waals surface area contributed by atoms with Gasteiger partial charge in [0.2, 0.25) is 0 Å². The minimum atomic E-state index is 0.603. The first kappa shape index (κ1) is 18.3. The second-order valence-corrected chi connectivity index (χ2v) is 6.89. The van der Waals surface area contributed by atoms with E-state index in [0.29, 0.717) is 13.2 Å². The van der Waals surface area contributed by atoms with Gasteiger partial charge in [0, 0.05) is 18.4 Å². The van der Waals surface area contributed by atoms with Gasteiger partial charge in [0.15, 0.2) is 11.0 Å². The molecule has 0 saturated carbocycles. The predicted octanol–water partition coefficient (Wildman–Crippen LogP) is 4.36. The Morgan fingerprint density at radius 3 is 2.23 bits per heavy atom. The highest BCUT2D eigenvalue weighted by atomic mass is 32.2. The average molecular weight is 369 g/mol. The molecule has 0 unspecified atom stereocenters. The van der Waals surface area contributed by atoms with Crippen LogP contribution in [0.25, 0.3) is 11.4 Å². The fourth-order valence-electron chi connectivity index (χ4n) is 2.49. The van der Waals surface area contributed by atoms with Crippen molar-refractivity contribution < 1.29 is 9.47 Å². The molecule has 0 aliphatic carbocycles. The summed E-state index contributed by atoms with van der Waals surface area (Å²) < 4.78 is 13.2. The van der Waals surface area contributed by atoms with Crippen molar-refractivity contribution in [2.45, 2.75) is 19.0 Å². The smallest absolute Gasteiger partial charge is 0.191 e. The molecule has 26 heavy (non-hydrogen) atoms. The molecule has 0 N–H and O–H groups in total. The van der Waals surface area contributed by atoms with E-state index in [9.17, 15) is 0 Å². The monoisotopic (exact) mass is 369 g/mol. The lowest BCUT2D eigenvalue weighted by atomic mass is 10.1. The van der Waals surface area contributed by atoms with Crippen LogP contribution in [-0.2, 0) is 7.05 Å². The van der Waals surface area contributed by atoms with Crippen molar-refractivity contribution in [3.05, 3.63) is 54.1 Å². The summed E-state index contributed by atoms with van der Waals surface area (Å²) in [5.41, 5.74) is 2.31. The molecule has 2 aromatic carbocycles. The number of thioether (sulfide) groups is 1. The van der Waals surface area contributed by atoms with Crippen LogP contribution < -0.4 is 9.47 Å². The normalized spacial score (nSPS) is 10.7. The van der Waals surface area contributed by atoms with E-state index in [4.69, 9.17) is 9.47 Å². The second kappa shape index (κ2) is 8.76. The third kappa shape index (κ3) is 4.58. The standard InChI is InChI=1S/C20H23N3O2S/c1-4-24-17-9-11-18(12-10-17)25-13-14-26-20-22-21-19(23(20)3)16-7-5-15(2)6-8-16/h5-12H,4,13-14H2,1-3H3. The number of benzene rings is 2. The third-order valence-electron chi connectivity index (χ3n) is 3.86. The highest BCUT2D eigenvalue weighted by Crippen LogP contribution is 2.23. The zero-order valence-electron chi connectivity index (χ0n) is 15.3. The van der Waals surface area contributed by atoms with Crippen LogP contribution in [-0.4, -0.2) is 33.7 Å². The van der Waals surface area contributed by atoms with Gasteiger partial charge in [-0.05, 0) is 38.1 Å². The molecule has 0 saturated heterocycles. The molecular weight excluding hydrogens is 346 g/mol. The lowest BCUT2D eigenvalue weighted by Crippen LogP contribution is -2.02. The van der Waals surface area contributed by atoms with Crippen molar-refractivity contribution >= 4 is 11.8 Å². The first-order chi connectivity index (χ1) is 12.7. The lowest BCUT2D eigenvalue weighted by Gasteiger charge is -2.08. The van der Waals surface area contributed by atoms with Gasteiger partial charge in [-0.1, -0.05) is 41.6 Å². The molecule has 0 aliphatic rings. The summed E-state index contributed by atoms with van der Waals surface area (Å²) in [5, 5.41) is 9.50. The number of nitrogens with zero attached hydrogens (tertiary/aromatic N) is 3. The Morgan fingerprint density at radius 2 is 1.58 bits per heavy atom. The van der Waals surface area contributed by atoms with Gasteiger partial charge < -0.3 is 14.0 Å². The molecule has 3 aromatic rings. The van der Waals surface area contributed by atoms with Gasteiger partial charge in [-0.3, -0.25) is 0 Å². The fraction of sp³-hybridized carbons (Fsp3) is 0.300. The van der Waals surface area contributed by atoms with Crippen LogP contribution in [0.1, 0.15) is 12.5 Å². The predicted molar refractivity (Wildman–Crippen MR) is 105 cm³/mol. The molecule has 0 bridgehead atoms. The molecule has 3 rings (SSSR count). The number of hydrogen-bond donors (Lipinski definition) is 0. The van der Waals surface area contributed by atoms with Gasteiger partial charge >= 0.3 is 0 Å². The van der Waals surface area contributed by atoms with Crippen LogP contribution in [0.15, 0.2) is 53.7 Å². The molecule has 0 amide bonds. The zero-order valence-corrected chi connectivity index (χ0v) is 16.1. The van der Waals surface area contributed by atoms with Gasteiger partial charge in [0.05, 0.1) is 13.2 Å². The van der Waals surface area contributed by atoms with Crippen molar-refractivity contribution in [1.82, 2.24) is 14.8 Å². The SMILES string of the molecule is CCOc1ccc(OCCSc2nnc(-c3ccc(C)cc3)n2C)cc1. The minimum absolute atomic E-state index is 0.603. The molecule has 1 heterocycles. The van der Waals surface area contributed by atoms with E-state index in [-0.39, 0.29) is 0 Å². The van der Waals surface area contributed by atoms with Gasteiger partial charge in [-0.25, -0.2) is 0 Å². The largest absolute Gasteiger partial charge is 0.494 e. The quantitative estimate of drug-likeness (QED) is 0.436. The number of aryl methyl sites for hydroxylation is 1. The molecular formula is C20H23N3O2S. The Balaban J connectivity index is 1.51. The summed E-state index contributed by atoms with van der Waals surface area (Å²) in [6, 6.07) is 16.0. The van der Waals surface area contributed by atoms with Crippen LogP contribution in [0.4, 0.5) is 0 Å². The first-order valence-corrected chi connectivity index (χ1v) is 9.61. The van der Waals surface area contributed by atoms with E-state index in [2.05, 4.69) is 41.4 Å². The van der Waals surface area contributed by atoms with Crippen LogP contribution in [0.2, 0.25) is 0 Å². The molecule has 0 aliphatic heterocycles. The van der Waals surface area contributed by atoms with Crippen molar-refractivity contribution in [2.24, 2.45) is 7.05 Å². The van der Waals surface area contributed by atoms with Crippen molar-refractivity contribution in [2.75, 3.05) is 19.0 Å². The van der Waals surface area contributed by atoms with E-state index in [1.807, 2.05) is 42.8 Å². The zero-order chi connectivity index (χ0) is 18.4. The van der Waals surface area contributed by atoms with Crippen molar-refractivity contribution in [3.8, 4) is 22.9 Å². The van der Waals surface area contributed by atoms with E-state index in [1.54, 1.807) is 11.8 Å². The molecule has 0 radical (unpaired) electrons. The molecule has 1 aromatic heterocycles.